The quantitative estimate of drug-likeness (QED) is 0.844. The van der Waals surface area contributed by atoms with E-state index >= 15 is 0 Å². The molecule has 0 bridgehead atoms. The van der Waals surface area contributed by atoms with Crippen LogP contribution in [-0.2, 0) is 4.79 Å². The van der Waals surface area contributed by atoms with Crippen LogP contribution in [0.2, 0.25) is 0 Å². The van der Waals surface area contributed by atoms with E-state index in [4.69, 9.17) is 0 Å². The molecule has 2 heterocycles. The fourth-order valence-corrected chi connectivity index (χ4v) is 2.02. The molecule has 1 aliphatic rings. The zero-order valence-corrected chi connectivity index (χ0v) is 10.9. The number of pyridine rings is 1. The predicted molar refractivity (Wildman–Crippen MR) is 70.4 cm³/mol. The first-order valence-corrected chi connectivity index (χ1v) is 5.61. The van der Waals surface area contributed by atoms with Crippen LogP contribution in [0.15, 0.2) is 18.3 Å². The second-order valence-corrected chi connectivity index (χ2v) is 4.42. The lowest BCUT2D eigenvalue weighted by Gasteiger charge is -2.14. The molecule has 0 aromatic carbocycles. The Balaban J connectivity index is 0.00000144. The molecule has 0 radical (unpaired) electrons. The molecule has 1 saturated heterocycles. The number of hydrogen-bond acceptors (Lipinski definition) is 3. The monoisotopic (exact) mass is 255 g/mol. The number of nitrogens with zero attached hydrogens (tertiary/aromatic N) is 1. The van der Waals surface area contributed by atoms with Gasteiger partial charge in [-0.1, -0.05) is 6.92 Å². The van der Waals surface area contributed by atoms with Crippen LogP contribution in [0.25, 0.3) is 0 Å². The normalized spacial score (nSPS) is 22.9. The molecule has 1 amide bonds. The van der Waals surface area contributed by atoms with Crippen molar-refractivity contribution in [3.8, 4) is 0 Å². The van der Waals surface area contributed by atoms with Crippen molar-refractivity contribution < 1.29 is 4.79 Å². The maximum absolute atomic E-state index is 12.0. The molecule has 94 valence electrons. The van der Waals surface area contributed by atoms with Gasteiger partial charge in [0.15, 0.2) is 0 Å². The number of carbonyl (C=O) groups is 1. The summed E-state index contributed by atoms with van der Waals surface area (Å²) < 4.78 is 0. The van der Waals surface area contributed by atoms with E-state index in [0.717, 1.165) is 24.5 Å². The highest BCUT2D eigenvalue weighted by atomic mass is 35.5. The first kappa shape index (κ1) is 13.9. The number of nitrogens with one attached hydrogen (secondary N) is 2. The molecule has 0 aliphatic carbocycles. The van der Waals surface area contributed by atoms with Gasteiger partial charge in [0.2, 0.25) is 5.91 Å². The fraction of sp³-hybridized carbons (Fsp3) is 0.500. The molecule has 1 aromatic rings. The minimum absolute atomic E-state index is 0. The molecule has 5 heteroatoms. The molecular formula is C12H18ClN3O. The molecule has 0 saturated carbocycles. The molecule has 1 aromatic heterocycles. The largest absolute Gasteiger partial charge is 0.326 e. The van der Waals surface area contributed by atoms with Crippen LogP contribution in [0.5, 0.6) is 0 Å². The van der Waals surface area contributed by atoms with E-state index in [1.807, 2.05) is 19.1 Å². The Labute approximate surface area is 108 Å². The van der Waals surface area contributed by atoms with E-state index in [9.17, 15) is 4.79 Å². The molecule has 1 fully saturated rings. The van der Waals surface area contributed by atoms with E-state index < -0.39 is 0 Å². The Morgan fingerprint density at radius 3 is 2.88 bits per heavy atom. The summed E-state index contributed by atoms with van der Waals surface area (Å²) in [5, 5.41) is 6.16. The van der Waals surface area contributed by atoms with E-state index in [0.29, 0.717) is 5.92 Å². The molecule has 2 N–H and O–H groups in total. The van der Waals surface area contributed by atoms with Crippen molar-refractivity contribution in [1.82, 2.24) is 10.3 Å². The Hall–Kier alpha value is -1.13. The maximum atomic E-state index is 12.0. The van der Waals surface area contributed by atoms with Gasteiger partial charge in [0.25, 0.3) is 0 Å². The Morgan fingerprint density at radius 1 is 1.53 bits per heavy atom. The highest BCUT2D eigenvalue weighted by molar-refractivity contribution is 5.93. The number of rotatable bonds is 2. The van der Waals surface area contributed by atoms with Crippen molar-refractivity contribution in [2.75, 3.05) is 18.4 Å². The lowest BCUT2D eigenvalue weighted by Crippen LogP contribution is -2.27. The minimum atomic E-state index is 0. The summed E-state index contributed by atoms with van der Waals surface area (Å²) in [6.07, 6.45) is 1.71. The Bertz CT molecular complexity index is 397. The highest BCUT2D eigenvalue weighted by Gasteiger charge is 2.29. The van der Waals surface area contributed by atoms with Crippen molar-refractivity contribution >= 4 is 24.0 Å². The summed E-state index contributed by atoms with van der Waals surface area (Å²) in [6.45, 7) is 5.71. The second kappa shape index (κ2) is 5.98. The summed E-state index contributed by atoms with van der Waals surface area (Å²) in [4.78, 5) is 16.1. The van der Waals surface area contributed by atoms with Gasteiger partial charge in [0, 0.05) is 24.1 Å². The summed E-state index contributed by atoms with van der Waals surface area (Å²) in [6, 6.07) is 3.70. The smallest absolute Gasteiger partial charge is 0.229 e. The number of halogens is 1. The van der Waals surface area contributed by atoms with Gasteiger partial charge in [-0.25, -0.2) is 0 Å². The van der Waals surface area contributed by atoms with Crippen molar-refractivity contribution in [3.63, 3.8) is 0 Å². The van der Waals surface area contributed by atoms with E-state index in [-0.39, 0.29) is 24.2 Å². The maximum Gasteiger partial charge on any atom is 0.229 e. The standard InChI is InChI=1S/C12H17N3O.ClH/c1-8-6-13-7-11(8)12(16)15-10-3-4-14-9(2)5-10;/h3-5,8,11,13H,6-7H2,1-2H3,(H,14,15,16);1H/t8-,11-;/m1./s1. The number of aromatic nitrogens is 1. The van der Waals surface area contributed by atoms with Gasteiger partial charge in [-0.05, 0) is 31.5 Å². The molecule has 2 atom stereocenters. The van der Waals surface area contributed by atoms with Crippen LogP contribution in [-0.4, -0.2) is 24.0 Å². The number of anilines is 1. The molecule has 1 aliphatic heterocycles. The molecule has 4 nitrogen and oxygen atoms in total. The zero-order valence-electron chi connectivity index (χ0n) is 10.1. The summed E-state index contributed by atoms with van der Waals surface area (Å²) >= 11 is 0. The number of carbonyl (C=O) groups excluding carboxylic acids is 1. The first-order valence-electron chi connectivity index (χ1n) is 5.61. The van der Waals surface area contributed by atoms with Crippen molar-refractivity contribution in [1.29, 1.82) is 0 Å². The van der Waals surface area contributed by atoms with Crippen molar-refractivity contribution in [3.05, 3.63) is 24.0 Å². The average molecular weight is 256 g/mol. The van der Waals surface area contributed by atoms with Crippen LogP contribution in [0, 0.1) is 18.8 Å². The third-order valence-electron chi connectivity index (χ3n) is 3.02. The van der Waals surface area contributed by atoms with E-state index in [1.54, 1.807) is 6.20 Å². The van der Waals surface area contributed by atoms with Gasteiger partial charge in [0.1, 0.15) is 0 Å². The van der Waals surface area contributed by atoms with Gasteiger partial charge in [0.05, 0.1) is 5.92 Å². The number of aryl methyl sites for hydroxylation is 1. The van der Waals surface area contributed by atoms with Crippen LogP contribution in [0.3, 0.4) is 0 Å². The van der Waals surface area contributed by atoms with Crippen molar-refractivity contribution in [2.24, 2.45) is 11.8 Å². The van der Waals surface area contributed by atoms with Gasteiger partial charge >= 0.3 is 0 Å². The van der Waals surface area contributed by atoms with Crippen molar-refractivity contribution in [2.45, 2.75) is 13.8 Å². The lowest BCUT2D eigenvalue weighted by atomic mass is 9.97. The Morgan fingerprint density at radius 2 is 2.29 bits per heavy atom. The summed E-state index contributed by atoms with van der Waals surface area (Å²) in [5.41, 5.74) is 1.74. The summed E-state index contributed by atoms with van der Waals surface area (Å²) in [5.74, 6) is 0.583. The third-order valence-corrected chi connectivity index (χ3v) is 3.02. The highest BCUT2D eigenvalue weighted by Crippen LogP contribution is 2.18. The average Bonchev–Trinajstić information content (AvgIpc) is 2.64. The molecule has 0 unspecified atom stereocenters. The third kappa shape index (κ3) is 3.41. The van der Waals surface area contributed by atoms with Crippen LogP contribution in [0.1, 0.15) is 12.6 Å². The lowest BCUT2D eigenvalue weighted by molar-refractivity contribution is -0.120. The SMILES string of the molecule is Cc1cc(NC(=O)[C@@H]2CNC[C@H]2C)ccn1.Cl. The van der Waals surface area contributed by atoms with Gasteiger partial charge in [-0.3, -0.25) is 9.78 Å². The predicted octanol–water partition coefficient (Wildman–Crippen LogP) is 1.61. The zero-order chi connectivity index (χ0) is 11.5. The fourth-order valence-electron chi connectivity index (χ4n) is 2.02. The Kier molecular flexibility index (Phi) is 4.90. The number of amides is 1. The second-order valence-electron chi connectivity index (χ2n) is 4.42. The summed E-state index contributed by atoms with van der Waals surface area (Å²) in [7, 11) is 0. The van der Waals surface area contributed by atoms with E-state index in [2.05, 4.69) is 22.5 Å². The molecule has 0 spiro atoms. The molecule has 17 heavy (non-hydrogen) atoms. The molecular weight excluding hydrogens is 238 g/mol. The van der Waals surface area contributed by atoms with Gasteiger partial charge < -0.3 is 10.6 Å². The molecule has 2 rings (SSSR count). The van der Waals surface area contributed by atoms with E-state index in [1.165, 1.54) is 0 Å². The van der Waals surface area contributed by atoms with Crippen LogP contribution < -0.4 is 10.6 Å². The number of hydrogen-bond donors (Lipinski definition) is 2. The van der Waals surface area contributed by atoms with Gasteiger partial charge in [-0.2, -0.15) is 0 Å². The minimum Gasteiger partial charge on any atom is -0.326 e. The first-order chi connectivity index (χ1) is 7.66. The van der Waals surface area contributed by atoms with Gasteiger partial charge in [-0.15, -0.1) is 12.4 Å². The van der Waals surface area contributed by atoms with Crippen LogP contribution in [0.4, 0.5) is 5.69 Å². The topological polar surface area (TPSA) is 54.0 Å². The van der Waals surface area contributed by atoms with Crippen LogP contribution >= 0.6 is 12.4 Å².